The number of carbonyl (C=O) groups excluding carboxylic acids is 1. The lowest BCUT2D eigenvalue weighted by atomic mass is 10.2. The average molecular weight is 418 g/mol. The summed E-state index contributed by atoms with van der Waals surface area (Å²) in [4.78, 5) is 26.5. The molecule has 0 saturated heterocycles. The number of halogens is 1. The Hall–Kier alpha value is -4.33. The van der Waals surface area contributed by atoms with E-state index in [1.807, 2.05) is 0 Å². The Balaban J connectivity index is 1.49. The molecule has 3 aromatic rings. The molecule has 0 N–H and O–H groups in total. The van der Waals surface area contributed by atoms with E-state index in [0.29, 0.717) is 11.3 Å². The molecule has 154 valence electrons. The average Bonchev–Trinajstić information content (AvgIpc) is 3.13. The molecule has 0 aliphatic carbocycles. The number of ether oxygens (including phenoxy) is 2. The summed E-state index contributed by atoms with van der Waals surface area (Å²) in [5.41, 5.74) is 1.58. The van der Waals surface area contributed by atoms with Crippen molar-refractivity contribution in [2.75, 3.05) is 0 Å². The number of aliphatic imine (C=N–C) groups is 1. The number of hydrogen-bond donors (Lipinski definition) is 0. The molecular weight excluding hydrogens is 403 g/mol. The van der Waals surface area contributed by atoms with Gasteiger partial charge in [-0.3, -0.25) is 10.1 Å². The molecule has 4 rings (SSSR count). The third-order valence-electron chi connectivity index (χ3n) is 4.44. The highest BCUT2D eigenvalue weighted by atomic mass is 19.1. The number of hydrogen-bond acceptors (Lipinski definition) is 6. The minimum atomic E-state index is -0.671. The van der Waals surface area contributed by atoms with E-state index >= 15 is 0 Å². The molecule has 0 unspecified atom stereocenters. The molecule has 8 heteroatoms. The molecule has 1 aliphatic rings. The largest absolute Gasteiger partial charge is 0.489 e. The molecule has 0 fully saturated rings. The molecule has 31 heavy (non-hydrogen) atoms. The zero-order valence-electron chi connectivity index (χ0n) is 16.0. The van der Waals surface area contributed by atoms with Crippen LogP contribution in [-0.4, -0.2) is 16.8 Å². The Labute approximate surface area is 176 Å². The summed E-state index contributed by atoms with van der Waals surface area (Å²) in [6.07, 6.45) is 1.52. The maximum absolute atomic E-state index is 13.9. The van der Waals surface area contributed by atoms with Crippen LogP contribution in [-0.2, 0) is 16.1 Å². The Morgan fingerprint density at radius 1 is 1.06 bits per heavy atom. The number of nitrogens with zero attached hydrogens (tertiary/aromatic N) is 2. The van der Waals surface area contributed by atoms with Crippen LogP contribution < -0.4 is 4.74 Å². The lowest BCUT2D eigenvalue weighted by Crippen LogP contribution is -2.07. The van der Waals surface area contributed by atoms with Gasteiger partial charge >= 0.3 is 5.97 Å². The number of nitro benzene ring substituents is 1. The van der Waals surface area contributed by atoms with Crippen LogP contribution in [0.3, 0.4) is 0 Å². The first-order valence-electron chi connectivity index (χ1n) is 9.23. The molecule has 1 aliphatic heterocycles. The Morgan fingerprint density at radius 2 is 1.84 bits per heavy atom. The summed E-state index contributed by atoms with van der Waals surface area (Å²) >= 11 is 0. The first-order chi connectivity index (χ1) is 15.0. The fraction of sp³-hybridized carbons (Fsp3) is 0.0435. The third-order valence-corrected chi connectivity index (χ3v) is 4.44. The highest BCUT2D eigenvalue weighted by molar-refractivity contribution is 6.12. The van der Waals surface area contributed by atoms with Crippen LogP contribution in [0.2, 0.25) is 0 Å². The van der Waals surface area contributed by atoms with Gasteiger partial charge in [-0.25, -0.2) is 14.2 Å². The van der Waals surface area contributed by atoms with Gasteiger partial charge in [0.25, 0.3) is 5.69 Å². The second kappa shape index (κ2) is 8.58. The van der Waals surface area contributed by atoms with Crippen LogP contribution in [0, 0.1) is 15.9 Å². The van der Waals surface area contributed by atoms with Gasteiger partial charge in [0.2, 0.25) is 5.90 Å². The highest BCUT2D eigenvalue weighted by Gasteiger charge is 2.25. The van der Waals surface area contributed by atoms with Gasteiger partial charge in [-0.1, -0.05) is 24.3 Å². The lowest BCUT2D eigenvalue weighted by Gasteiger charge is -2.07. The maximum Gasteiger partial charge on any atom is 0.363 e. The SMILES string of the molecule is O=C1OC(c2ccccc2F)=N/C1=C\c1cccc(OCc2ccc([N+](=O)[O-])cc2)c1. The van der Waals surface area contributed by atoms with E-state index in [0.717, 1.165) is 5.56 Å². The summed E-state index contributed by atoms with van der Waals surface area (Å²) in [6, 6.07) is 18.9. The van der Waals surface area contributed by atoms with E-state index in [9.17, 15) is 19.3 Å². The Morgan fingerprint density at radius 3 is 2.58 bits per heavy atom. The number of cyclic esters (lactones) is 1. The number of carbonyl (C=O) groups is 1. The van der Waals surface area contributed by atoms with Crippen molar-refractivity contribution in [3.8, 4) is 5.75 Å². The fourth-order valence-electron chi connectivity index (χ4n) is 2.89. The van der Waals surface area contributed by atoms with Crippen molar-refractivity contribution >= 4 is 23.6 Å². The van der Waals surface area contributed by atoms with Crippen molar-refractivity contribution in [3.05, 3.63) is 111 Å². The molecular formula is C23H15FN2O5. The van der Waals surface area contributed by atoms with Gasteiger partial charge in [-0.05, 0) is 53.6 Å². The first kappa shape index (κ1) is 20.0. The minimum absolute atomic E-state index is 0.0103. The van der Waals surface area contributed by atoms with Crippen LogP contribution in [0.5, 0.6) is 5.75 Å². The van der Waals surface area contributed by atoms with Gasteiger partial charge in [0.05, 0.1) is 10.5 Å². The van der Waals surface area contributed by atoms with Crippen molar-refractivity contribution in [2.45, 2.75) is 6.61 Å². The van der Waals surface area contributed by atoms with Crippen molar-refractivity contribution in [1.82, 2.24) is 0 Å². The van der Waals surface area contributed by atoms with Crippen molar-refractivity contribution in [3.63, 3.8) is 0 Å². The maximum atomic E-state index is 13.9. The van der Waals surface area contributed by atoms with Crippen LogP contribution in [0.25, 0.3) is 6.08 Å². The number of benzene rings is 3. The zero-order chi connectivity index (χ0) is 21.8. The van der Waals surface area contributed by atoms with Gasteiger partial charge in [0.1, 0.15) is 18.2 Å². The molecule has 0 spiro atoms. The number of rotatable bonds is 6. The van der Waals surface area contributed by atoms with Gasteiger partial charge in [-0.2, -0.15) is 0 Å². The van der Waals surface area contributed by atoms with Crippen molar-refractivity contribution in [2.24, 2.45) is 4.99 Å². The third kappa shape index (κ3) is 4.64. The summed E-state index contributed by atoms with van der Waals surface area (Å²) < 4.78 is 24.7. The highest BCUT2D eigenvalue weighted by Crippen LogP contribution is 2.23. The smallest absolute Gasteiger partial charge is 0.363 e. The van der Waals surface area contributed by atoms with E-state index in [4.69, 9.17) is 9.47 Å². The van der Waals surface area contributed by atoms with E-state index in [-0.39, 0.29) is 29.5 Å². The van der Waals surface area contributed by atoms with E-state index < -0.39 is 16.7 Å². The molecule has 0 aromatic heterocycles. The van der Waals surface area contributed by atoms with E-state index in [1.165, 1.54) is 36.4 Å². The molecule has 0 bridgehead atoms. The summed E-state index contributed by atoms with van der Waals surface area (Å²) in [5.74, 6) is -0.746. The van der Waals surface area contributed by atoms with Crippen LogP contribution >= 0.6 is 0 Å². The standard InChI is InChI=1S/C23H15FN2O5/c24-20-7-2-1-6-19(20)22-25-21(23(27)31-22)13-16-4-3-5-18(12-16)30-14-15-8-10-17(11-9-15)26(28)29/h1-13H,14H2/b21-13-. The zero-order valence-corrected chi connectivity index (χ0v) is 16.0. The normalized spacial score (nSPS) is 14.3. The second-order valence-electron chi connectivity index (χ2n) is 6.60. The minimum Gasteiger partial charge on any atom is -0.489 e. The van der Waals surface area contributed by atoms with Crippen LogP contribution in [0.15, 0.2) is 83.5 Å². The van der Waals surface area contributed by atoms with Gasteiger partial charge < -0.3 is 9.47 Å². The summed E-state index contributed by atoms with van der Waals surface area (Å²) in [7, 11) is 0. The van der Waals surface area contributed by atoms with E-state index in [2.05, 4.69) is 4.99 Å². The topological polar surface area (TPSA) is 91.0 Å². The van der Waals surface area contributed by atoms with Crippen molar-refractivity contribution in [1.29, 1.82) is 0 Å². The predicted molar refractivity (Wildman–Crippen MR) is 111 cm³/mol. The number of nitro groups is 1. The molecule has 1 heterocycles. The molecule has 7 nitrogen and oxygen atoms in total. The quantitative estimate of drug-likeness (QED) is 0.251. The van der Waals surface area contributed by atoms with Gasteiger partial charge in [0.15, 0.2) is 5.70 Å². The Bertz CT molecular complexity index is 1220. The van der Waals surface area contributed by atoms with Crippen molar-refractivity contribution < 1.29 is 23.6 Å². The molecule has 3 aromatic carbocycles. The van der Waals surface area contributed by atoms with Gasteiger partial charge in [0, 0.05) is 12.1 Å². The second-order valence-corrected chi connectivity index (χ2v) is 6.60. The molecule has 0 amide bonds. The molecule has 0 saturated carbocycles. The Kier molecular flexibility index (Phi) is 5.53. The summed E-state index contributed by atoms with van der Waals surface area (Å²) in [6.45, 7) is 0.218. The monoisotopic (exact) mass is 418 g/mol. The fourth-order valence-corrected chi connectivity index (χ4v) is 2.89. The van der Waals surface area contributed by atoms with Crippen LogP contribution in [0.1, 0.15) is 16.7 Å². The lowest BCUT2D eigenvalue weighted by molar-refractivity contribution is -0.384. The summed E-state index contributed by atoms with van der Waals surface area (Å²) in [5, 5.41) is 10.7. The van der Waals surface area contributed by atoms with E-state index in [1.54, 1.807) is 42.5 Å². The van der Waals surface area contributed by atoms with Gasteiger partial charge in [-0.15, -0.1) is 0 Å². The number of esters is 1. The van der Waals surface area contributed by atoms with Crippen LogP contribution in [0.4, 0.5) is 10.1 Å². The predicted octanol–water partition coefficient (Wildman–Crippen LogP) is 4.66. The number of non-ortho nitro benzene ring substituents is 1. The first-order valence-corrected chi connectivity index (χ1v) is 9.23. The molecule has 0 radical (unpaired) electrons. The molecule has 0 atom stereocenters.